The third kappa shape index (κ3) is 2.40. The highest BCUT2D eigenvalue weighted by Gasteiger charge is 2.19. The van der Waals surface area contributed by atoms with Gasteiger partial charge in [-0.05, 0) is 30.4 Å². The Morgan fingerprint density at radius 3 is 2.36 bits per heavy atom. The highest BCUT2D eigenvalue weighted by Crippen LogP contribution is 2.31. The Bertz CT molecular complexity index is 262. The number of furan rings is 1. The molecular weight excluding hydrogens is 172 g/mol. The SMILES string of the molecule is CCc1coc([C@@H](CC)C(C)CC)c1. The van der Waals surface area contributed by atoms with Gasteiger partial charge in [0.05, 0.1) is 6.26 Å². The van der Waals surface area contributed by atoms with Gasteiger partial charge in [-0.25, -0.2) is 0 Å². The summed E-state index contributed by atoms with van der Waals surface area (Å²) in [7, 11) is 0. The summed E-state index contributed by atoms with van der Waals surface area (Å²) in [6, 6.07) is 2.22. The fraction of sp³-hybridized carbons (Fsp3) is 0.692. The molecule has 0 aromatic carbocycles. The van der Waals surface area contributed by atoms with Crippen LogP contribution in [0.4, 0.5) is 0 Å². The lowest BCUT2D eigenvalue weighted by Crippen LogP contribution is -2.06. The summed E-state index contributed by atoms with van der Waals surface area (Å²) >= 11 is 0. The standard InChI is InChI=1S/C13H22O/c1-5-10(4)12(7-3)13-8-11(6-2)9-14-13/h8-10,12H,5-7H2,1-4H3/t10?,12-/m0/s1. The molecule has 14 heavy (non-hydrogen) atoms. The van der Waals surface area contributed by atoms with Gasteiger partial charge in [-0.15, -0.1) is 0 Å². The van der Waals surface area contributed by atoms with Crippen molar-refractivity contribution in [2.75, 3.05) is 0 Å². The second-order valence-corrected chi connectivity index (χ2v) is 4.11. The molecular formula is C13H22O. The van der Waals surface area contributed by atoms with Gasteiger partial charge in [0.2, 0.25) is 0 Å². The van der Waals surface area contributed by atoms with Crippen molar-refractivity contribution in [1.29, 1.82) is 0 Å². The summed E-state index contributed by atoms with van der Waals surface area (Å²) in [4.78, 5) is 0. The van der Waals surface area contributed by atoms with Crippen LogP contribution in [0, 0.1) is 5.92 Å². The quantitative estimate of drug-likeness (QED) is 0.678. The molecule has 0 radical (unpaired) electrons. The average molecular weight is 194 g/mol. The third-order valence-corrected chi connectivity index (χ3v) is 3.22. The van der Waals surface area contributed by atoms with E-state index in [0.717, 1.165) is 12.3 Å². The van der Waals surface area contributed by atoms with Gasteiger partial charge in [0.15, 0.2) is 0 Å². The van der Waals surface area contributed by atoms with Gasteiger partial charge in [0, 0.05) is 5.92 Å². The molecule has 0 saturated heterocycles. The van der Waals surface area contributed by atoms with Crippen LogP contribution in [-0.4, -0.2) is 0 Å². The first kappa shape index (κ1) is 11.4. The fourth-order valence-corrected chi connectivity index (χ4v) is 1.94. The van der Waals surface area contributed by atoms with Gasteiger partial charge in [-0.1, -0.05) is 34.1 Å². The number of hydrogen-bond acceptors (Lipinski definition) is 1. The first-order valence-corrected chi connectivity index (χ1v) is 5.80. The lowest BCUT2D eigenvalue weighted by molar-refractivity contribution is 0.361. The Labute approximate surface area is 87.5 Å². The normalized spacial score (nSPS) is 15.4. The van der Waals surface area contributed by atoms with E-state index in [1.54, 1.807) is 0 Å². The smallest absolute Gasteiger partial charge is 0.107 e. The minimum atomic E-state index is 0.597. The molecule has 1 nitrogen and oxygen atoms in total. The highest BCUT2D eigenvalue weighted by molar-refractivity contribution is 5.16. The van der Waals surface area contributed by atoms with Gasteiger partial charge in [-0.3, -0.25) is 0 Å². The Kier molecular flexibility index (Phi) is 4.24. The van der Waals surface area contributed by atoms with Crippen molar-refractivity contribution in [1.82, 2.24) is 0 Å². The van der Waals surface area contributed by atoms with Crippen molar-refractivity contribution in [3.63, 3.8) is 0 Å². The summed E-state index contributed by atoms with van der Waals surface area (Å²) in [5, 5.41) is 0. The maximum absolute atomic E-state index is 5.63. The molecule has 1 aromatic heterocycles. The molecule has 0 bridgehead atoms. The predicted molar refractivity (Wildman–Crippen MR) is 60.6 cm³/mol. The minimum absolute atomic E-state index is 0.597. The average Bonchev–Trinajstić information content (AvgIpc) is 2.67. The zero-order chi connectivity index (χ0) is 10.6. The Hall–Kier alpha value is -0.720. The molecule has 0 spiro atoms. The highest BCUT2D eigenvalue weighted by atomic mass is 16.3. The Morgan fingerprint density at radius 2 is 1.93 bits per heavy atom. The van der Waals surface area contributed by atoms with Crippen molar-refractivity contribution in [3.8, 4) is 0 Å². The zero-order valence-corrected chi connectivity index (χ0v) is 9.84. The molecule has 0 aliphatic heterocycles. The zero-order valence-electron chi connectivity index (χ0n) is 9.84. The predicted octanol–water partition coefficient (Wildman–Crippen LogP) is 4.38. The monoisotopic (exact) mass is 194 g/mol. The van der Waals surface area contributed by atoms with E-state index in [0.29, 0.717) is 5.92 Å². The molecule has 1 aromatic rings. The molecule has 1 rings (SSSR count). The maximum atomic E-state index is 5.63. The molecule has 80 valence electrons. The number of rotatable bonds is 5. The molecule has 0 N–H and O–H groups in total. The fourth-order valence-electron chi connectivity index (χ4n) is 1.94. The summed E-state index contributed by atoms with van der Waals surface area (Å²) < 4.78 is 5.63. The van der Waals surface area contributed by atoms with Crippen LogP contribution in [0.25, 0.3) is 0 Å². The van der Waals surface area contributed by atoms with Gasteiger partial charge in [-0.2, -0.15) is 0 Å². The molecule has 0 aliphatic carbocycles. The molecule has 0 saturated carbocycles. The van der Waals surface area contributed by atoms with E-state index in [4.69, 9.17) is 4.42 Å². The first-order chi connectivity index (χ1) is 6.72. The lowest BCUT2D eigenvalue weighted by Gasteiger charge is -2.18. The Balaban J connectivity index is 2.78. The molecule has 0 aliphatic rings. The van der Waals surface area contributed by atoms with E-state index in [1.165, 1.54) is 24.2 Å². The Morgan fingerprint density at radius 1 is 1.21 bits per heavy atom. The van der Waals surface area contributed by atoms with Crippen LogP contribution in [0.3, 0.4) is 0 Å². The van der Waals surface area contributed by atoms with E-state index in [1.807, 2.05) is 6.26 Å². The van der Waals surface area contributed by atoms with Gasteiger partial charge < -0.3 is 4.42 Å². The van der Waals surface area contributed by atoms with Crippen LogP contribution in [-0.2, 0) is 6.42 Å². The van der Waals surface area contributed by atoms with Crippen molar-refractivity contribution in [2.45, 2.75) is 52.9 Å². The third-order valence-electron chi connectivity index (χ3n) is 3.22. The summed E-state index contributed by atoms with van der Waals surface area (Å²) in [5.74, 6) is 2.50. The molecule has 0 amide bonds. The molecule has 1 heterocycles. The number of aryl methyl sites for hydroxylation is 1. The summed E-state index contributed by atoms with van der Waals surface area (Å²) in [6.45, 7) is 8.96. The van der Waals surface area contributed by atoms with E-state index in [2.05, 4.69) is 33.8 Å². The van der Waals surface area contributed by atoms with Crippen LogP contribution in [0.1, 0.15) is 57.8 Å². The molecule has 1 heteroatoms. The van der Waals surface area contributed by atoms with Gasteiger partial charge in [0.1, 0.15) is 5.76 Å². The van der Waals surface area contributed by atoms with Crippen LogP contribution in [0.15, 0.2) is 16.7 Å². The van der Waals surface area contributed by atoms with Crippen molar-refractivity contribution in [3.05, 3.63) is 23.7 Å². The van der Waals surface area contributed by atoms with E-state index < -0.39 is 0 Å². The van der Waals surface area contributed by atoms with E-state index in [-0.39, 0.29) is 0 Å². The van der Waals surface area contributed by atoms with Gasteiger partial charge >= 0.3 is 0 Å². The largest absolute Gasteiger partial charge is 0.469 e. The van der Waals surface area contributed by atoms with Crippen LogP contribution < -0.4 is 0 Å². The van der Waals surface area contributed by atoms with Gasteiger partial charge in [0.25, 0.3) is 0 Å². The van der Waals surface area contributed by atoms with E-state index in [9.17, 15) is 0 Å². The minimum Gasteiger partial charge on any atom is -0.469 e. The van der Waals surface area contributed by atoms with Crippen LogP contribution in [0.2, 0.25) is 0 Å². The lowest BCUT2D eigenvalue weighted by atomic mass is 9.87. The van der Waals surface area contributed by atoms with Crippen molar-refractivity contribution < 1.29 is 4.42 Å². The summed E-state index contributed by atoms with van der Waals surface area (Å²) in [5.41, 5.74) is 1.32. The number of hydrogen-bond donors (Lipinski definition) is 0. The summed E-state index contributed by atoms with van der Waals surface area (Å²) in [6.07, 6.45) is 5.37. The maximum Gasteiger partial charge on any atom is 0.107 e. The van der Waals surface area contributed by atoms with Crippen molar-refractivity contribution >= 4 is 0 Å². The first-order valence-electron chi connectivity index (χ1n) is 5.80. The molecule has 0 fully saturated rings. The van der Waals surface area contributed by atoms with Crippen LogP contribution in [0.5, 0.6) is 0 Å². The van der Waals surface area contributed by atoms with E-state index >= 15 is 0 Å². The van der Waals surface area contributed by atoms with Crippen molar-refractivity contribution in [2.24, 2.45) is 5.92 Å². The molecule has 2 atom stereocenters. The topological polar surface area (TPSA) is 13.1 Å². The second-order valence-electron chi connectivity index (χ2n) is 4.11. The van der Waals surface area contributed by atoms with Crippen LogP contribution >= 0.6 is 0 Å². The molecule has 1 unspecified atom stereocenters. The second kappa shape index (κ2) is 5.23.